The van der Waals surface area contributed by atoms with Crippen LogP contribution in [0, 0.1) is 0 Å². The smallest absolute Gasteiger partial charge is 0.327 e. The minimum absolute atomic E-state index is 0.0289. The van der Waals surface area contributed by atoms with Crippen molar-refractivity contribution in [2.24, 2.45) is 0 Å². The number of amides is 3. The van der Waals surface area contributed by atoms with E-state index in [0.29, 0.717) is 13.2 Å². The maximum absolute atomic E-state index is 11.8. The minimum Gasteiger partial charge on any atom is -0.377 e. The maximum Gasteiger partial charge on any atom is 0.327 e. The van der Waals surface area contributed by atoms with Crippen molar-refractivity contribution >= 4 is 11.9 Å². The number of imide groups is 1. The summed E-state index contributed by atoms with van der Waals surface area (Å²) >= 11 is 0. The van der Waals surface area contributed by atoms with E-state index in [4.69, 9.17) is 4.74 Å². The van der Waals surface area contributed by atoms with Crippen LogP contribution in [0.3, 0.4) is 0 Å². The molecule has 2 saturated heterocycles. The summed E-state index contributed by atoms with van der Waals surface area (Å²) in [7, 11) is 0. The fourth-order valence-corrected chi connectivity index (χ4v) is 1.67. The molecule has 0 aromatic rings. The SMILES string of the molecule is CC(C)N1CC(=O)N(C2COC2)C1=O. The summed E-state index contributed by atoms with van der Waals surface area (Å²) in [6, 6.07) is -0.116. The van der Waals surface area contributed by atoms with Crippen molar-refractivity contribution < 1.29 is 14.3 Å². The van der Waals surface area contributed by atoms with Gasteiger partial charge in [0, 0.05) is 6.04 Å². The van der Waals surface area contributed by atoms with Crippen LogP contribution in [0.2, 0.25) is 0 Å². The van der Waals surface area contributed by atoms with Crippen LogP contribution in [0.4, 0.5) is 4.79 Å². The van der Waals surface area contributed by atoms with Gasteiger partial charge in [-0.15, -0.1) is 0 Å². The topological polar surface area (TPSA) is 49.9 Å². The highest BCUT2D eigenvalue weighted by Crippen LogP contribution is 2.20. The van der Waals surface area contributed by atoms with E-state index in [1.165, 1.54) is 4.90 Å². The lowest BCUT2D eigenvalue weighted by Gasteiger charge is -2.33. The van der Waals surface area contributed by atoms with Gasteiger partial charge in [0.25, 0.3) is 5.91 Å². The molecule has 14 heavy (non-hydrogen) atoms. The standard InChI is InChI=1S/C9H14N2O3/c1-6(2)10-3-8(12)11(9(10)13)7-4-14-5-7/h6-7H,3-5H2,1-2H3. The second kappa shape index (κ2) is 3.24. The number of ether oxygens (including phenoxy) is 1. The van der Waals surface area contributed by atoms with E-state index in [0.717, 1.165) is 0 Å². The Morgan fingerprint density at radius 3 is 2.36 bits per heavy atom. The van der Waals surface area contributed by atoms with Crippen molar-refractivity contribution in [2.75, 3.05) is 19.8 Å². The molecule has 0 N–H and O–H groups in total. The summed E-state index contributed by atoms with van der Waals surface area (Å²) in [6.07, 6.45) is 0. The normalized spacial score (nSPS) is 23.6. The lowest BCUT2D eigenvalue weighted by molar-refractivity contribution is -0.134. The molecule has 3 amide bonds. The molecule has 2 rings (SSSR count). The van der Waals surface area contributed by atoms with Crippen LogP contribution < -0.4 is 0 Å². The molecule has 2 aliphatic heterocycles. The number of hydrogen-bond acceptors (Lipinski definition) is 3. The number of nitrogens with zero attached hydrogens (tertiary/aromatic N) is 2. The number of carbonyl (C=O) groups excluding carboxylic acids is 2. The van der Waals surface area contributed by atoms with Gasteiger partial charge in [0.15, 0.2) is 0 Å². The number of urea groups is 1. The first-order chi connectivity index (χ1) is 6.61. The Kier molecular flexibility index (Phi) is 2.19. The van der Waals surface area contributed by atoms with Crippen LogP contribution in [0.5, 0.6) is 0 Å². The van der Waals surface area contributed by atoms with Gasteiger partial charge >= 0.3 is 6.03 Å². The van der Waals surface area contributed by atoms with Gasteiger partial charge in [0.2, 0.25) is 0 Å². The molecular weight excluding hydrogens is 184 g/mol. The summed E-state index contributed by atoms with van der Waals surface area (Å²) in [5.74, 6) is -0.1000. The molecule has 0 aromatic carbocycles. The zero-order valence-corrected chi connectivity index (χ0v) is 8.40. The van der Waals surface area contributed by atoms with E-state index in [1.54, 1.807) is 4.90 Å². The molecule has 0 radical (unpaired) electrons. The Labute approximate surface area is 82.6 Å². The highest BCUT2D eigenvalue weighted by Gasteiger charge is 2.43. The molecule has 0 unspecified atom stereocenters. The van der Waals surface area contributed by atoms with Crippen molar-refractivity contribution in [2.45, 2.75) is 25.9 Å². The molecule has 0 atom stereocenters. The fraction of sp³-hybridized carbons (Fsp3) is 0.778. The number of hydrogen-bond donors (Lipinski definition) is 0. The highest BCUT2D eigenvalue weighted by atomic mass is 16.5. The monoisotopic (exact) mass is 198 g/mol. The average Bonchev–Trinajstić information content (AvgIpc) is 2.29. The fourth-order valence-electron chi connectivity index (χ4n) is 1.67. The number of carbonyl (C=O) groups is 2. The van der Waals surface area contributed by atoms with E-state index in [1.807, 2.05) is 13.8 Å². The summed E-state index contributed by atoms with van der Waals surface area (Å²) in [6.45, 7) is 5.01. The first-order valence-corrected chi connectivity index (χ1v) is 4.81. The van der Waals surface area contributed by atoms with Crippen molar-refractivity contribution in [1.29, 1.82) is 0 Å². The first kappa shape index (κ1) is 9.45. The predicted octanol–water partition coefficient (Wildman–Crippen LogP) is 0.0578. The zero-order valence-electron chi connectivity index (χ0n) is 8.40. The molecule has 0 bridgehead atoms. The van der Waals surface area contributed by atoms with Crippen LogP contribution in [-0.4, -0.2) is 53.6 Å². The highest BCUT2D eigenvalue weighted by molar-refractivity contribution is 6.02. The van der Waals surface area contributed by atoms with E-state index < -0.39 is 0 Å². The van der Waals surface area contributed by atoms with Gasteiger partial charge in [-0.2, -0.15) is 0 Å². The van der Waals surface area contributed by atoms with Crippen LogP contribution in [-0.2, 0) is 9.53 Å². The third kappa shape index (κ3) is 1.28. The summed E-state index contributed by atoms with van der Waals surface area (Å²) in [5.41, 5.74) is 0. The lowest BCUT2D eigenvalue weighted by Crippen LogP contribution is -2.52. The molecule has 5 heteroatoms. The minimum atomic E-state index is -0.168. The van der Waals surface area contributed by atoms with Crippen molar-refractivity contribution in [1.82, 2.24) is 9.80 Å². The molecule has 2 fully saturated rings. The Hall–Kier alpha value is -1.10. The summed E-state index contributed by atoms with van der Waals surface area (Å²) in [4.78, 5) is 26.2. The van der Waals surface area contributed by atoms with Crippen molar-refractivity contribution in [3.8, 4) is 0 Å². The Balaban J connectivity index is 2.11. The van der Waals surface area contributed by atoms with Gasteiger partial charge in [-0.3, -0.25) is 9.69 Å². The molecular formula is C9H14N2O3. The van der Waals surface area contributed by atoms with Crippen LogP contribution in [0.25, 0.3) is 0 Å². The molecule has 0 saturated carbocycles. The Bertz CT molecular complexity index is 273. The van der Waals surface area contributed by atoms with Gasteiger partial charge in [-0.05, 0) is 13.8 Å². The average molecular weight is 198 g/mol. The van der Waals surface area contributed by atoms with Gasteiger partial charge in [-0.1, -0.05) is 0 Å². The first-order valence-electron chi connectivity index (χ1n) is 4.81. The zero-order chi connectivity index (χ0) is 10.3. The molecule has 2 heterocycles. The molecule has 0 aliphatic carbocycles. The Morgan fingerprint density at radius 1 is 1.36 bits per heavy atom. The van der Waals surface area contributed by atoms with Crippen LogP contribution >= 0.6 is 0 Å². The summed E-state index contributed by atoms with van der Waals surface area (Å²) in [5, 5.41) is 0. The van der Waals surface area contributed by atoms with Crippen molar-refractivity contribution in [3.05, 3.63) is 0 Å². The van der Waals surface area contributed by atoms with E-state index >= 15 is 0 Å². The lowest BCUT2D eigenvalue weighted by atomic mass is 10.2. The van der Waals surface area contributed by atoms with Gasteiger partial charge in [0.1, 0.15) is 6.54 Å². The van der Waals surface area contributed by atoms with E-state index in [2.05, 4.69) is 0 Å². The van der Waals surface area contributed by atoms with Crippen LogP contribution in [0.15, 0.2) is 0 Å². The second-order valence-electron chi connectivity index (χ2n) is 3.96. The molecule has 0 spiro atoms. The Morgan fingerprint density at radius 2 is 2.00 bits per heavy atom. The van der Waals surface area contributed by atoms with Crippen LogP contribution in [0.1, 0.15) is 13.8 Å². The van der Waals surface area contributed by atoms with Gasteiger partial charge in [0.05, 0.1) is 19.3 Å². The van der Waals surface area contributed by atoms with Crippen molar-refractivity contribution in [3.63, 3.8) is 0 Å². The largest absolute Gasteiger partial charge is 0.377 e. The molecule has 2 aliphatic rings. The molecule has 5 nitrogen and oxygen atoms in total. The third-order valence-corrected chi connectivity index (χ3v) is 2.64. The summed E-state index contributed by atoms with van der Waals surface area (Å²) < 4.78 is 4.98. The van der Waals surface area contributed by atoms with Gasteiger partial charge < -0.3 is 9.64 Å². The quantitative estimate of drug-likeness (QED) is 0.589. The molecule has 0 aromatic heterocycles. The predicted molar refractivity (Wildman–Crippen MR) is 48.7 cm³/mol. The second-order valence-corrected chi connectivity index (χ2v) is 3.96. The third-order valence-electron chi connectivity index (χ3n) is 2.64. The number of rotatable bonds is 2. The van der Waals surface area contributed by atoms with Gasteiger partial charge in [-0.25, -0.2) is 4.79 Å². The van der Waals surface area contributed by atoms with E-state index in [-0.39, 0.29) is 30.6 Å². The maximum atomic E-state index is 11.8. The molecule has 78 valence electrons. The van der Waals surface area contributed by atoms with E-state index in [9.17, 15) is 9.59 Å².